The molecule has 0 saturated heterocycles. The number of hydrogen-bond acceptors (Lipinski definition) is 6. The van der Waals surface area contributed by atoms with E-state index in [0.717, 1.165) is 5.56 Å². The molecule has 2 atom stereocenters. The van der Waals surface area contributed by atoms with E-state index in [1.54, 1.807) is 26.0 Å². The minimum atomic E-state index is -3.72. The van der Waals surface area contributed by atoms with Crippen LogP contribution < -0.4 is 4.72 Å². The van der Waals surface area contributed by atoms with Crippen molar-refractivity contribution in [2.45, 2.75) is 38.5 Å². The quantitative estimate of drug-likeness (QED) is 0.356. The van der Waals surface area contributed by atoms with Crippen LogP contribution in [0.15, 0.2) is 29.2 Å². The van der Waals surface area contributed by atoms with Gasteiger partial charge < -0.3 is 9.47 Å². The Morgan fingerprint density at radius 1 is 1.07 bits per heavy atom. The number of carbonyl (C=O) groups excluding carboxylic acids is 2. The Labute approximate surface area is 177 Å². The van der Waals surface area contributed by atoms with Crippen molar-refractivity contribution in [3.05, 3.63) is 29.8 Å². The molecule has 0 amide bonds. The van der Waals surface area contributed by atoms with Gasteiger partial charge in [0.1, 0.15) is 0 Å². The van der Waals surface area contributed by atoms with Crippen LogP contribution in [0.1, 0.15) is 32.3 Å². The minimum Gasteiger partial charge on any atom is -0.465 e. The van der Waals surface area contributed by atoms with Gasteiger partial charge in [-0.25, -0.2) is 13.1 Å². The third-order valence-corrected chi connectivity index (χ3v) is 7.12. The first-order chi connectivity index (χ1) is 13.7. The molecule has 7 nitrogen and oxygen atoms in total. The monoisotopic (exact) mass is 445 g/mol. The maximum absolute atomic E-state index is 12.6. The molecule has 0 aliphatic heterocycles. The lowest BCUT2D eigenvalue weighted by atomic mass is 9.85. The number of carbonyl (C=O) groups is 2. The molecule has 29 heavy (non-hydrogen) atoms. The van der Waals surface area contributed by atoms with Crippen molar-refractivity contribution in [2.24, 2.45) is 17.3 Å². The number of nitrogens with one attached hydrogen (secondary N) is 1. The highest BCUT2D eigenvalue weighted by Crippen LogP contribution is 2.48. The minimum absolute atomic E-state index is 0.0636. The first-order valence-corrected chi connectivity index (χ1v) is 11.7. The maximum Gasteiger partial charge on any atom is 0.323 e. The second kappa shape index (κ2) is 9.91. The van der Waals surface area contributed by atoms with Crippen molar-refractivity contribution in [1.82, 2.24) is 4.72 Å². The molecule has 1 aromatic carbocycles. The van der Waals surface area contributed by atoms with Crippen LogP contribution in [0.2, 0.25) is 0 Å². The van der Waals surface area contributed by atoms with Crippen molar-refractivity contribution in [2.75, 3.05) is 25.6 Å². The Bertz CT molecular complexity index is 806. The zero-order chi connectivity index (χ0) is 21.7. The number of esters is 2. The Morgan fingerprint density at radius 3 is 2.07 bits per heavy atom. The van der Waals surface area contributed by atoms with E-state index in [1.807, 2.05) is 6.92 Å². The van der Waals surface area contributed by atoms with E-state index in [0.29, 0.717) is 0 Å². The molecule has 162 valence electrons. The van der Waals surface area contributed by atoms with Crippen molar-refractivity contribution >= 4 is 33.6 Å². The smallest absolute Gasteiger partial charge is 0.323 e. The fourth-order valence-corrected chi connectivity index (χ4v) is 5.16. The first kappa shape index (κ1) is 23.6. The molecule has 1 aliphatic rings. The fourth-order valence-electron chi connectivity index (χ4n) is 3.70. The van der Waals surface area contributed by atoms with Gasteiger partial charge in [0.25, 0.3) is 0 Å². The number of halogens is 1. The topological polar surface area (TPSA) is 98.8 Å². The molecule has 0 unspecified atom stereocenters. The predicted molar refractivity (Wildman–Crippen MR) is 109 cm³/mol. The standard InChI is InChI=1S/C20H28ClNO6S/c1-4-27-18(23)20(19(24)28-5-2)10-15(12-21)16(11-20)13-22-29(25,26)17-8-6-14(3)7-9-17/h6-9,15-16,22H,4-5,10-13H2,1-3H3/t15-,16-/m0/s1. The lowest BCUT2D eigenvalue weighted by molar-refractivity contribution is -0.172. The average Bonchev–Trinajstić information content (AvgIpc) is 3.07. The molecular formula is C20H28ClNO6S. The summed E-state index contributed by atoms with van der Waals surface area (Å²) >= 11 is 6.10. The van der Waals surface area contributed by atoms with Crippen molar-refractivity contribution in [3.8, 4) is 0 Å². The number of benzene rings is 1. The average molecular weight is 446 g/mol. The summed E-state index contributed by atoms with van der Waals surface area (Å²) in [6.45, 7) is 5.54. The van der Waals surface area contributed by atoms with Gasteiger partial charge in [-0.2, -0.15) is 0 Å². The van der Waals surface area contributed by atoms with E-state index < -0.39 is 27.4 Å². The molecule has 1 fully saturated rings. The molecule has 2 rings (SSSR count). The van der Waals surface area contributed by atoms with E-state index in [9.17, 15) is 18.0 Å². The molecule has 0 bridgehead atoms. The van der Waals surface area contributed by atoms with Gasteiger partial charge in [-0.15, -0.1) is 11.6 Å². The van der Waals surface area contributed by atoms with E-state index in [4.69, 9.17) is 21.1 Å². The van der Waals surface area contributed by atoms with Gasteiger partial charge in [0.15, 0.2) is 5.41 Å². The van der Waals surface area contributed by atoms with Crippen LogP contribution in [0.25, 0.3) is 0 Å². The Hall–Kier alpha value is -1.64. The molecule has 1 aromatic rings. The molecular weight excluding hydrogens is 418 g/mol. The van der Waals surface area contributed by atoms with Crippen molar-refractivity contribution in [3.63, 3.8) is 0 Å². The Kier molecular flexibility index (Phi) is 8.08. The van der Waals surface area contributed by atoms with E-state index >= 15 is 0 Å². The molecule has 9 heteroatoms. The van der Waals surface area contributed by atoms with Gasteiger partial charge in [0, 0.05) is 12.4 Å². The Balaban J connectivity index is 2.20. The van der Waals surface area contributed by atoms with Crippen LogP contribution in [-0.4, -0.2) is 46.0 Å². The van der Waals surface area contributed by atoms with Crippen LogP contribution in [0.3, 0.4) is 0 Å². The lowest BCUT2D eigenvalue weighted by Crippen LogP contribution is -2.40. The number of rotatable bonds is 9. The molecule has 0 aromatic heterocycles. The molecule has 1 saturated carbocycles. The van der Waals surface area contributed by atoms with Gasteiger partial charge in [-0.05, 0) is 57.6 Å². The summed E-state index contributed by atoms with van der Waals surface area (Å²) in [6, 6.07) is 6.51. The number of aryl methyl sites for hydroxylation is 1. The highest BCUT2D eigenvalue weighted by atomic mass is 35.5. The van der Waals surface area contributed by atoms with Gasteiger partial charge in [0.05, 0.1) is 18.1 Å². The molecule has 0 spiro atoms. The summed E-state index contributed by atoms with van der Waals surface area (Å²) in [7, 11) is -3.72. The second-order valence-electron chi connectivity index (χ2n) is 7.27. The third kappa shape index (κ3) is 5.29. The van der Waals surface area contributed by atoms with Crippen LogP contribution in [-0.2, 0) is 29.1 Å². The number of hydrogen-bond donors (Lipinski definition) is 1. The molecule has 0 radical (unpaired) electrons. The summed E-state index contributed by atoms with van der Waals surface area (Å²) in [5.74, 6) is -1.63. The molecule has 1 aliphatic carbocycles. The van der Waals surface area contributed by atoms with Gasteiger partial charge >= 0.3 is 11.9 Å². The summed E-state index contributed by atoms with van der Waals surface area (Å²) in [4.78, 5) is 25.4. The zero-order valence-electron chi connectivity index (χ0n) is 16.9. The number of alkyl halides is 1. The van der Waals surface area contributed by atoms with Gasteiger partial charge in [-0.3, -0.25) is 9.59 Å². The summed E-state index contributed by atoms with van der Waals surface area (Å²) in [5.41, 5.74) is -0.499. The predicted octanol–water partition coefficient (Wildman–Crippen LogP) is 2.65. The van der Waals surface area contributed by atoms with E-state index in [2.05, 4.69) is 4.72 Å². The van der Waals surface area contributed by atoms with Crippen molar-refractivity contribution in [1.29, 1.82) is 0 Å². The largest absolute Gasteiger partial charge is 0.465 e. The Morgan fingerprint density at radius 2 is 1.59 bits per heavy atom. The number of sulfonamides is 1. The summed E-state index contributed by atoms with van der Waals surface area (Å²) in [6.07, 6.45) is 0.295. The van der Waals surface area contributed by atoms with Crippen molar-refractivity contribution < 1.29 is 27.5 Å². The van der Waals surface area contributed by atoms with Gasteiger partial charge in [-0.1, -0.05) is 17.7 Å². The molecule has 0 heterocycles. The molecule has 1 N–H and O–H groups in total. The maximum atomic E-state index is 12.6. The lowest BCUT2D eigenvalue weighted by Gasteiger charge is -2.24. The van der Waals surface area contributed by atoms with E-state index in [1.165, 1.54) is 12.1 Å². The highest BCUT2D eigenvalue weighted by Gasteiger charge is 2.57. The highest BCUT2D eigenvalue weighted by molar-refractivity contribution is 7.89. The van der Waals surface area contributed by atoms with Crippen LogP contribution in [0, 0.1) is 24.2 Å². The summed E-state index contributed by atoms with van der Waals surface area (Å²) in [5, 5.41) is 0. The first-order valence-electron chi connectivity index (χ1n) is 9.67. The summed E-state index contributed by atoms with van der Waals surface area (Å²) < 4.78 is 38.1. The second-order valence-corrected chi connectivity index (χ2v) is 9.35. The number of ether oxygens (including phenoxy) is 2. The normalized spacial score (nSPS) is 21.0. The SMILES string of the molecule is CCOC(=O)C1(C(=O)OCC)C[C@@H](CCl)[C@H](CNS(=O)(=O)c2ccc(C)cc2)C1. The fraction of sp³-hybridized carbons (Fsp3) is 0.600. The van der Waals surface area contributed by atoms with Crippen LogP contribution in [0.4, 0.5) is 0 Å². The van der Waals surface area contributed by atoms with E-state index in [-0.39, 0.29) is 55.2 Å². The van der Waals surface area contributed by atoms with Crippen LogP contribution in [0.5, 0.6) is 0 Å². The third-order valence-electron chi connectivity index (χ3n) is 5.29. The van der Waals surface area contributed by atoms with Gasteiger partial charge in [0.2, 0.25) is 10.0 Å². The van der Waals surface area contributed by atoms with Crippen LogP contribution >= 0.6 is 11.6 Å². The zero-order valence-corrected chi connectivity index (χ0v) is 18.5.